The van der Waals surface area contributed by atoms with Gasteiger partial charge in [-0.05, 0) is 6.92 Å². The third kappa shape index (κ3) is 1.53. The summed E-state index contributed by atoms with van der Waals surface area (Å²) in [4.78, 5) is 12.0. The summed E-state index contributed by atoms with van der Waals surface area (Å²) < 4.78 is 1.84. The van der Waals surface area contributed by atoms with E-state index in [-0.39, 0.29) is 0 Å². The molecule has 0 aliphatic carbocycles. The lowest BCUT2D eigenvalue weighted by atomic mass is 10.5. The Kier molecular flexibility index (Phi) is 1.98. The lowest BCUT2D eigenvalue weighted by Crippen LogP contribution is -1.98. The van der Waals surface area contributed by atoms with E-state index in [1.54, 1.807) is 12.3 Å². The number of aryl methyl sites for hydroxylation is 1. The minimum Gasteiger partial charge on any atom is -0.288 e. The van der Waals surface area contributed by atoms with E-state index in [4.69, 9.17) is 11.6 Å². The molecule has 2 aromatic heterocycles. The minimum atomic E-state index is 0.429. The van der Waals surface area contributed by atoms with Crippen molar-refractivity contribution < 1.29 is 0 Å². The van der Waals surface area contributed by atoms with Crippen LogP contribution in [0.15, 0.2) is 24.8 Å². The summed E-state index contributed by atoms with van der Waals surface area (Å²) in [6, 6.07) is 1.69. The van der Waals surface area contributed by atoms with Crippen LogP contribution in [-0.2, 0) is 0 Å². The van der Waals surface area contributed by atoms with Gasteiger partial charge < -0.3 is 0 Å². The maximum Gasteiger partial charge on any atom is 0.142 e. The second-order valence-electron chi connectivity index (χ2n) is 2.54. The van der Waals surface area contributed by atoms with Crippen LogP contribution in [-0.4, -0.2) is 19.5 Å². The Morgan fingerprint density at radius 1 is 1.31 bits per heavy atom. The van der Waals surface area contributed by atoms with Crippen LogP contribution in [0.3, 0.4) is 0 Å². The number of aromatic nitrogens is 4. The lowest BCUT2D eigenvalue weighted by molar-refractivity contribution is 0.920. The fraction of sp³-hybridized carbons (Fsp3) is 0.125. The van der Waals surface area contributed by atoms with Gasteiger partial charge >= 0.3 is 0 Å². The predicted octanol–water partition coefficient (Wildman–Crippen LogP) is 1.62. The summed E-state index contributed by atoms with van der Waals surface area (Å²) in [6.07, 6.45) is 4.97. The Labute approximate surface area is 80.2 Å². The van der Waals surface area contributed by atoms with Gasteiger partial charge in [0.25, 0.3) is 0 Å². The summed E-state index contributed by atoms with van der Waals surface area (Å²) in [6.45, 7) is 1.90. The average Bonchev–Trinajstić information content (AvgIpc) is 2.51. The van der Waals surface area contributed by atoms with Crippen molar-refractivity contribution in [1.82, 2.24) is 19.5 Å². The first-order chi connectivity index (χ1) is 6.27. The molecule has 66 valence electrons. The Balaban J connectivity index is 2.53. The van der Waals surface area contributed by atoms with E-state index in [1.165, 1.54) is 6.33 Å². The van der Waals surface area contributed by atoms with Crippen molar-refractivity contribution in [3.63, 3.8) is 0 Å². The molecule has 0 amide bonds. The average molecular weight is 195 g/mol. The Bertz CT molecular complexity index is 424. The van der Waals surface area contributed by atoms with E-state index in [0.717, 1.165) is 11.6 Å². The molecule has 5 heteroatoms. The highest BCUT2D eigenvalue weighted by Crippen LogP contribution is 2.10. The monoisotopic (exact) mass is 194 g/mol. The van der Waals surface area contributed by atoms with Crippen LogP contribution in [0.5, 0.6) is 0 Å². The molecule has 0 aromatic carbocycles. The molecule has 4 nitrogen and oxygen atoms in total. The standard InChI is InChI=1S/C8H7ClN4/c1-6-10-2-3-13(6)8-4-7(9)11-5-12-8/h2-5H,1H3. The normalized spacial score (nSPS) is 10.3. The van der Waals surface area contributed by atoms with Gasteiger partial charge in [-0.1, -0.05) is 11.6 Å². The zero-order valence-electron chi connectivity index (χ0n) is 6.98. The zero-order chi connectivity index (χ0) is 9.26. The highest BCUT2D eigenvalue weighted by Gasteiger charge is 2.01. The van der Waals surface area contributed by atoms with E-state index in [1.807, 2.05) is 17.7 Å². The summed E-state index contributed by atoms with van der Waals surface area (Å²) in [5.41, 5.74) is 0. The molecule has 2 aromatic rings. The lowest BCUT2D eigenvalue weighted by Gasteiger charge is -2.02. The van der Waals surface area contributed by atoms with Gasteiger partial charge in [-0.3, -0.25) is 4.57 Å². The largest absolute Gasteiger partial charge is 0.288 e. The molecule has 13 heavy (non-hydrogen) atoms. The third-order valence-electron chi connectivity index (χ3n) is 1.69. The molecule has 0 spiro atoms. The molecule has 0 fully saturated rings. The molecule has 0 aliphatic rings. The van der Waals surface area contributed by atoms with E-state index >= 15 is 0 Å². The topological polar surface area (TPSA) is 43.6 Å². The molecule has 0 saturated carbocycles. The molecule has 0 aliphatic heterocycles. The molecule has 2 rings (SSSR count). The van der Waals surface area contributed by atoms with E-state index in [2.05, 4.69) is 15.0 Å². The van der Waals surface area contributed by atoms with Crippen molar-refractivity contribution in [2.24, 2.45) is 0 Å². The number of hydrogen-bond donors (Lipinski definition) is 0. The Hall–Kier alpha value is -1.42. The number of imidazole rings is 1. The van der Waals surface area contributed by atoms with Crippen molar-refractivity contribution in [2.45, 2.75) is 6.92 Å². The smallest absolute Gasteiger partial charge is 0.142 e. The van der Waals surface area contributed by atoms with Crippen LogP contribution < -0.4 is 0 Å². The van der Waals surface area contributed by atoms with Crippen molar-refractivity contribution in [3.05, 3.63) is 35.8 Å². The number of rotatable bonds is 1. The summed E-state index contributed by atoms with van der Waals surface area (Å²) in [7, 11) is 0. The van der Waals surface area contributed by atoms with Crippen LogP contribution in [0.25, 0.3) is 5.82 Å². The molecule has 0 radical (unpaired) electrons. The number of halogens is 1. The van der Waals surface area contributed by atoms with Gasteiger partial charge in [0.2, 0.25) is 0 Å². The summed E-state index contributed by atoms with van der Waals surface area (Å²) >= 11 is 5.73. The quantitative estimate of drug-likeness (QED) is 0.648. The van der Waals surface area contributed by atoms with Crippen molar-refractivity contribution >= 4 is 11.6 Å². The van der Waals surface area contributed by atoms with Gasteiger partial charge in [-0.2, -0.15) is 0 Å². The minimum absolute atomic E-state index is 0.429. The molecule has 0 N–H and O–H groups in total. The molecule has 0 atom stereocenters. The van der Waals surface area contributed by atoms with Gasteiger partial charge in [0.15, 0.2) is 0 Å². The van der Waals surface area contributed by atoms with Crippen LogP contribution in [0.2, 0.25) is 5.15 Å². The Morgan fingerprint density at radius 3 is 2.77 bits per heavy atom. The number of hydrogen-bond acceptors (Lipinski definition) is 3. The molecular formula is C8H7ClN4. The van der Waals surface area contributed by atoms with E-state index < -0.39 is 0 Å². The predicted molar refractivity (Wildman–Crippen MR) is 48.9 cm³/mol. The van der Waals surface area contributed by atoms with Crippen molar-refractivity contribution in [2.75, 3.05) is 0 Å². The van der Waals surface area contributed by atoms with Gasteiger partial charge in [0, 0.05) is 18.5 Å². The first-order valence-corrected chi connectivity index (χ1v) is 4.13. The van der Waals surface area contributed by atoms with Gasteiger partial charge in [-0.15, -0.1) is 0 Å². The van der Waals surface area contributed by atoms with Crippen LogP contribution in [0, 0.1) is 6.92 Å². The maximum absolute atomic E-state index is 5.73. The van der Waals surface area contributed by atoms with Crippen LogP contribution in [0.4, 0.5) is 0 Å². The molecule has 0 saturated heterocycles. The second-order valence-corrected chi connectivity index (χ2v) is 2.93. The van der Waals surface area contributed by atoms with Crippen molar-refractivity contribution in [3.8, 4) is 5.82 Å². The van der Waals surface area contributed by atoms with Gasteiger partial charge in [0.1, 0.15) is 23.1 Å². The highest BCUT2D eigenvalue weighted by atomic mass is 35.5. The van der Waals surface area contributed by atoms with E-state index in [9.17, 15) is 0 Å². The SMILES string of the molecule is Cc1nccn1-c1cc(Cl)ncn1. The second kappa shape index (κ2) is 3.14. The third-order valence-corrected chi connectivity index (χ3v) is 1.90. The molecule has 0 bridgehead atoms. The van der Waals surface area contributed by atoms with Gasteiger partial charge in [-0.25, -0.2) is 15.0 Å². The molecular weight excluding hydrogens is 188 g/mol. The first-order valence-electron chi connectivity index (χ1n) is 3.75. The van der Waals surface area contributed by atoms with E-state index in [0.29, 0.717) is 5.15 Å². The fourth-order valence-electron chi connectivity index (χ4n) is 1.08. The summed E-state index contributed by atoms with van der Waals surface area (Å²) in [5.74, 6) is 1.60. The summed E-state index contributed by atoms with van der Waals surface area (Å²) in [5, 5.41) is 0.429. The van der Waals surface area contributed by atoms with Crippen LogP contribution >= 0.6 is 11.6 Å². The van der Waals surface area contributed by atoms with Crippen LogP contribution in [0.1, 0.15) is 5.82 Å². The fourth-order valence-corrected chi connectivity index (χ4v) is 1.22. The Morgan fingerprint density at radius 2 is 2.15 bits per heavy atom. The number of nitrogens with zero attached hydrogens (tertiary/aromatic N) is 4. The van der Waals surface area contributed by atoms with Crippen molar-refractivity contribution in [1.29, 1.82) is 0 Å². The zero-order valence-corrected chi connectivity index (χ0v) is 7.73. The first kappa shape index (κ1) is 8.19. The van der Waals surface area contributed by atoms with Gasteiger partial charge in [0.05, 0.1) is 0 Å². The maximum atomic E-state index is 5.73. The highest BCUT2D eigenvalue weighted by molar-refractivity contribution is 6.29. The molecule has 2 heterocycles. The molecule has 0 unspecified atom stereocenters.